The van der Waals surface area contributed by atoms with Gasteiger partial charge in [0.15, 0.2) is 9.84 Å². The maximum absolute atomic E-state index is 12.5. The molecular weight excluding hydrogens is 328 g/mol. The van der Waals surface area contributed by atoms with E-state index >= 15 is 0 Å². The van der Waals surface area contributed by atoms with Crippen LogP contribution in [0.4, 0.5) is 0 Å². The predicted molar refractivity (Wildman–Crippen MR) is 89.4 cm³/mol. The first-order valence-corrected chi connectivity index (χ1v) is 9.66. The van der Waals surface area contributed by atoms with Gasteiger partial charge in [0.1, 0.15) is 0 Å². The molecule has 128 valence electrons. The number of rotatable bonds is 4. The van der Waals surface area contributed by atoms with Crippen LogP contribution in [0.25, 0.3) is 0 Å². The summed E-state index contributed by atoms with van der Waals surface area (Å²) in [4.78, 5) is 16.7. The summed E-state index contributed by atoms with van der Waals surface area (Å²) < 4.78 is 24.9. The molecule has 1 N–H and O–H groups in total. The lowest BCUT2D eigenvalue weighted by Gasteiger charge is -2.14. The highest BCUT2D eigenvalue weighted by Gasteiger charge is 2.31. The molecule has 0 aromatic carbocycles. The SMILES string of the molecule is Cc1c(C(=O)N[C@H](C)c2ccccn2)cnn1[C@@H]1CCS(=O)(=O)C1. The van der Waals surface area contributed by atoms with Gasteiger partial charge < -0.3 is 5.32 Å². The van der Waals surface area contributed by atoms with Gasteiger partial charge in [0.2, 0.25) is 0 Å². The van der Waals surface area contributed by atoms with Gasteiger partial charge in [0.25, 0.3) is 5.91 Å². The minimum atomic E-state index is -3.00. The van der Waals surface area contributed by atoms with E-state index in [4.69, 9.17) is 0 Å². The topological polar surface area (TPSA) is 93.9 Å². The number of aromatic nitrogens is 3. The Morgan fingerprint density at radius 1 is 1.42 bits per heavy atom. The van der Waals surface area contributed by atoms with Crippen molar-refractivity contribution in [1.82, 2.24) is 20.1 Å². The van der Waals surface area contributed by atoms with Crippen LogP contribution in [0.2, 0.25) is 0 Å². The summed E-state index contributed by atoms with van der Waals surface area (Å²) in [7, 11) is -3.00. The smallest absolute Gasteiger partial charge is 0.255 e. The molecular formula is C16H20N4O3S. The third kappa shape index (κ3) is 3.33. The number of hydrogen-bond acceptors (Lipinski definition) is 5. The van der Waals surface area contributed by atoms with Crippen molar-refractivity contribution in [2.45, 2.75) is 32.4 Å². The number of sulfone groups is 1. The van der Waals surface area contributed by atoms with Crippen LogP contribution in [-0.4, -0.2) is 40.6 Å². The van der Waals surface area contributed by atoms with Gasteiger partial charge in [-0.2, -0.15) is 5.10 Å². The first kappa shape index (κ1) is 16.6. The van der Waals surface area contributed by atoms with Crippen LogP contribution in [0.15, 0.2) is 30.6 Å². The number of nitrogens with one attached hydrogen (secondary N) is 1. The summed E-state index contributed by atoms with van der Waals surface area (Å²) in [6.07, 6.45) is 3.72. The molecule has 3 rings (SSSR count). The molecule has 0 radical (unpaired) electrons. The van der Waals surface area contributed by atoms with Crippen LogP contribution >= 0.6 is 0 Å². The standard InChI is InChI=1S/C16H20N4O3S/c1-11(15-5-3-4-7-17-15)19-16(21)14-9-18-20(12(14)2)13-6-8-24(22,23)10-13/h3-5,7,9,11,13H,6,8,10H2,1-2H3,(H,19,21)/t11-,13-/m1/s1. The van der Waals surface area contributed by atoms with E-state index in [1.54, 1.807) is 17.8 Å². The molecule has 3 heterocycles. The Kier molecular flexibility index (Phi) is 4.40. The quantitative estimate of drug-likeness (QED) is 0.902. The van der Waals surface area contributed by atoms with Gasteiger partial charge in [0.05, 0.1) is 41.0 Å². The molecule has 2 aromatic rings. The van der Waals surface area contributed by atoms with E-state index in [0.29, 0.717) is 17.7 Å². The van der Waals surface area contributed by atoms with Crippen LogP contribution in [0.1, 0.15) is 47.2 Å². The summed E-state index contributed by atoms with van der Waals surface area (Å²) in [5.41, 5.74) is 1.92. The first-order valence-electron chi connectivity index (χ1n) is 7.84. The first-order chi connectivity index (χ1) is 11.4. The van der Waals surface area contributed by atoms with Crippen LogP contribution in [0.3, 0.4) is 0 Å². The summed E-state index contributed by atoms with van der Waals surface area (Å²) in [5, 5.41) is 7.14. The molecule has 2 aromatic heterocycles. The van der Waals surface area contributed by atoms with Gasteiger partial charge in [-0.05, 0) is 32.4 Å². The minimum Gasteiger partial charge on any atom is -0.344 e. The van der Waals surface area contributed by atoms with Crippen molar-refractivity contribution in [2.24, 2.45) is 0 Å². The number of pyridine rings is 1. The highest BCUT2D eigenvalue weighted by molar-refractivity contribution is 7.91. The Morgan fingerprint density at radius 3 is 2.83 bits per heavy atom. The van der Waals surface area contributed by atoms with Crippen LogP contribution < -0.4 is 5.32 Å². The van der Waals surface area contributed by atoms with Crippen molar-refractivity contribution in [2.75, 3.05) is 11.5 Å². The maximum atomic E-state index is 12.5. The van der Waals surface area contributed by atoms with E-state index < -0.39 is 9.84 Å². The van der Waals surface area contributed by atoms with Crippen molar-refractivity contribution in [3.63, 3.8) is 0 Å². The van der Waals surface area contributed by atoms with Crippen molar-refractivity contribution >= 4 is 15.7 Å². The number of amides is 1. The number of carbonyl (C=O) groups excluding carboxylic acids is 1. The van der Waals surface area contributed by atoms with E-state index in [2.05, 4.69) is 15.4 Å². The van der Waals surface area contributed by atoms with Crippen LogP contribution in [0.5, 0.6) is 0 Å². The second-order valence-corrected chi connectivity index (χ2v) is 8.32. The second-order valence-electron chi connectivity index (χ2n) is 6.09. The van der Waals surface area contributed by atoms with Gasteiger partial charge in [-0.15, -0.1) is 0 Å². The Balaban J connectivity index is 1.75. The van der Waals surface area contributed by atoms with Crippen molar-refractivity contribution in [3.05, 3.63) is 47.5 Å². The molecule has 0 spiro atoms. The summed E-state index contributed by atoms with van der Waals surface area (Å²) in [5.74, 6) is 0.0219. The average molecular weight is 348 g/mol. The Morgan fingerprint density at radius 2 is 2.21 bits per heavy atom. The normalized spacial score (nSPS) is 20.7. The number of carbonyl (C=O) groups is 1. The average Bonchev–Trinajstić information content (AvgIpc) is 3.10. The highest BCUT2D eigenvalue weighted by Crippen LogP contribution is 2.25. The zero-order valence-electron chi connectivity index (χ0n) is 13.6. The fourth-order valence-corrected chi connectivity index (χ4v) is 4.66. The lowest BCUT2D eigenvalue weighted by molar-refractivity contribution is 0.0938. The van der Waals surface area contributed by atoms with Gasteiger partial charge in [-0.3, -0.25) is 14.5 Å². The second kappa shape index (κ2) is 6.35. The molecule has 1 aliphatic rings. The fraction of sp³-hybridized carbons (Fsp3) is 0.438. The lowest BCUT2D eigenvalue weighted by Crippen LogP contribution is -2.27. The van der Waals surface area contributed by atoms with E-state index in [-0.39, 0.29) is 29.5 Å². The molecule has 8 heteroatoms. The van der Waals surface area contributed by atoms with Crippen molar-refractivity contribution in [3.8, 4) is 0 Å². The summed E-state index contributed by atoms with van der Waals surface area (Å²) in [6.45, 7) is 3.65. The third-order valence-corrected chi connectivity index (χ3v) is 6.07. The molecule has 2 atom stereocenters. The maximum Gasteiger partial charge on any atom is 0.255 e. The largest absolute Gasteiger partial charge is 0.344 e. The molecule has 24 heavy (non-hydrogen) atoms. The highest BCUT2D eigenvalue weighted by atomic mass is 32.2. The molecule has 1 amide bonds. The molecule has 1 aliphatic heterocycles. The third-order valence-electron chi connectivity index (χ3n) is 4.32. The summed E-state index contributed by atoms with van der Waals surface area (Å²) in [6, 6.07) is 5.12. The Labute approximate surface area is 141 Å². The number of nitrogens with zero attached hydrogens (tertiary/aromatic N) is 3. The van der Waals surface area contributed by atoms with E-state index in [9.17, 15) is 13.2 Å². The van der Waals surface area contributed by atoms with Gasteiger partial charge >= 0.3 is 0 Å². The zero-order valence-corrected chi connectivity index (χ0v) is 14.5. The molecule has 7 nitrogen and oxygen atoms in total. The molecule has 0 unspecified atom stereocenters. The lowest BCUT2D eigenvalue weighted by atomic mass is 10.1. The monoisotopic (exact) mass is 348 g/mol. The molecule has 0 aliphatic carbocycles. The molecule has 1 fully saturated rings. The Hall–Kier alpha value is -2.22. The van der Waals surface area contributed by atoms with Crippen molar-refractivity contribution < 1.29 is 13.2 Å². The summed E-state index contributed by atoms with van der Waals surface area (Å²) >= 11 is 0. The predicted octanol–water partition coefficient (Wildman–Crippen LogP) is 1.44. The minimum absolute atomic E-state index is 0.0842. The fourth-order valence-electron chi connectivity index (χ4n) is 2.96. The van der Waals surface area contributed by atoms with Gasteiger partial charge in [-0.1, -0.05) is 6.07 Å². The van der Waals surface area contributed by atoms with E-state index in [1.165, 1.54) is 6.20 Å². The van der Waals surface area contributed by atoms with E-state index in [1.807, 2.05) is 25.1 Å². The van der Waals surface area contributed by atoms with Gasteiger partial charge in [0, 0.05) is 11.9 Å². The Bertz CT molecular complexity index is 845. The number of hydrogen-bond donors (Lipinski definition) is 1. The molecule has 0 bridgehead atoms. The van der Waals surface area contributed by atoms with Crippen molar-refractivity contribution in [1.29, 1.82) is 0 Å². The van der Waals surface area contributed by atoms with E-state index in [0.717, 1.165) is 5.69 Å². The molecule has 1 saturated heterocycles. The van der Waals surface area contributed by atoms with Crippen LogP contribution in [-0.2, 0) is 9.84 Å². The zero-order chi connectivity index (χ0) is 17.3. The molecule has 0 saturated carbocycles. The van der Waals surface area contributed by atoms with Gasteiger partial charge in [-0.25, -0.2) is 8.42 Å². The van der Waals surface area contributed by atoms with Crippen LogP contribution in [0, 0.1) is 6.92 Å².